The maximum atomic E-state index is 4.04. The van der Waals surface area contributed by atoms with E-state index in [4.69, 9.17) is 0 Å². The Morgan fingerprint density at radius 1 is 1.06 bits per heavy atom. The van der Waals surface area contributed by atoms with Crippen molar-refractivity contribution in [3.63, 3.8) is 0 Å². The van der Waals surface area contributed by atoms with Crippen LogP contribution >= 0.6 is 0 Å². The van der Waals surface area contributed by atoms with Crippen molar-refractivity contribution in [1.29, 1.82) is 0 Å². The number of nitrogens with zero attached hydrogens (tertiary/aromatic N) is 1. The van der Waals surface area contributed by atoms with Gasteiger partial charge in [-0.2, -0.15) is 0 Å². The number of rotatable bonds is 0. The Hall–Kier alpha value is 0.284. The van der Waals surface area contributed by atoms with Gasteiger partial charge in [-0.15, -0.1) is 0 Å². The van der Waals surface area contributed by atoms with Gasteiger partial charge < -0.3 is 4.90 Å². The summed E-state index contributed by atoms with van der Waals surface area (Å²) < 4.78 is 0. The van der Waals surface area contributed by atoms with Crippen LogP contribution in [-0.2, 0) is 44.5 Å². The third kappa shape index (κ3) is 2.02. The Morgan fingerprint density at radius 2 is 1.75 bits per heavy atom. The van der Waals surface area contributed by atoms with Crippen molar-refractivity contribution in [2.45, 2.75) is 31.1 Å². The van der Waals surface area contributed by atoms with Gasteiger partial charge >= 0.3 is 0 Å². The predicted molar refractivity (Wildman–Crippen MR) is 62.6 cm³/mol. The summed E-state index contributed by atoms with van der Waals surface area (Å²) in [6.45, 7) is 2.32. The van der Waals surface area contributed by atoms with Crippen LogP contribution in [0.5, 0.6) is 0 Å². The van der Waals surface area contributed by atoms with E-state index < -0.39 is 0 Å². The van der Waals surface area contributed by atoms with Crippen LogP contribution in [0.3, 0.4) is 0 Å². The van der Waals surface area contributed by atoms with Crippen molar-refractivity contribution in [3.8, 4) is 0 Å². The first-order chi connectivity index (χ1) is 7.30. The molecule has 1 saturated heterocycles. The van der Waals surface area contributed by atoms with Crippen molar-refractivity contribution in [3.05, 3.63) is 42.4 Å². The molecule has 0 aromatic heterocycles. The molecule has 1 aromatic carbocycles. The SMILES string of the molecule is [CH2-]N1CCC2(CCc3ccccc32)CC1.[Y]. The zero-order valence-corrected chi connectivity index (χ0v) is 12.6. The van der Waals surface area contributed by atoms with Gasteiger partial charge in [0.1, 0.15) is 0 Å². The van der Waals surface area contributed by atoms with Gasteiger partial charge in [0.15, 0.2) is 0 Å². The van der Waals surface area contributed by atoms with Crippen LogP contribution in [0.2, 0.25) is 0 Å². The predicted octanol–water partition coefficient (Wildman–Crippen LogP) is 2.76. The molecule has 83 valence electrons. The molecule has 0 N–H and O–H groups in total. The van der Waals surface area contributed by atoms with Crippen LogP contribution < -0.4 is 0 Å². The topological polar surface area (TPSA) is 3.24 Å². The second-order valence-electron chi connectivity index (χ2n) is 5.06. The summed E-state index contributed by atoms with van der Waals surface area (Å²) in [5, 5.41) is 0. The third-order valence-corrected chi connectivity index (χ3v) is 4.27. The summed E-state index contributed by atoms with van der Waals surface area (Å²) in [6.07, 6.45) is 5.24. The van der Waals surface area contributed by atoms with Gasteiger partial charge in [0.25, 0.3) is 0 Å². The first-order valence-electron chi connectivity index (χ1n) is 5.94. The molecule has 2 heteroatoms. The average molecular weight is 289 g/mol. The van der Waals surface area contributed by atoms with E-state index >= 15 is 0 Å². The molecule has 0 bridgehead atoms. The van der Waals surface area contributed by atoms with Gasteiger partial charge in [-0.3, -0.25) is 7.05 Å². The Bertz CT molecular complexity index is 367. The van der Waals surface area contributed by atoms with E-state index in [0.717, 1.165) is 13.1 Å². The number of hydrogen-bond acceptors (Lipinski definition) is 1. The van der Waals surface area contributed by atoms with Crippen molar-refractivity contribution < 1.29 is 32.7 Å². The summed E-state index contributed by atoms with van der Waals surface area (Å²) in [5.41, 5.74) is 3.73. The monoisotopic (exact) mass is 289 g/mol. The first-order valence-corrected chi connectivity index (χ1v) is 5.94. The quantitative estimate of drug-likeness (QED) is 0.664. The summed E-state index contributed by atoms with van der Waals surface area (Å²) >= 11 is 0. The number of piperidine rings is 1. The minimum Gasteiger partial charge on any atom is -0.459 e. The molecule has 3 rings (SSSR count). The fourth-order valence-corrected chi connectivity index (χ4v) is 3.26. The number of likely N-dealkylation sites (tertiary alicyclic amines) is 1. The van der Waals surface area contributed by atoms with E-state index in [1.54, 1.807) is 11.1 Å². The molecular weight excluding hydrogens is 271 g/mol. The molecule has 1 aromatic rings. The summed E-state index contributed by atoms with van der Waals surface area (Å²) in [6, 6.07) is 9.03. The smallest absolute Gasteiger partial charge is 0 e. The summed E-state index contributed by atoms with van der Waals surface area (Å²) in [5.74, 6) is 0. The van der Waals surface area contributed by atoms with Crippen LogP contribution in [0.25, 0.3) is 0 Å². The average Bonchev–Trinajstić information content (AvgIpc) is 2.63. The van der Waals surface area contributed by atoms with Gasteiger partial charge in [0.2, 0.25) is 0 Å². The first kappa shape index (κ1) is 12.7. The molecule has 2 aliphatic rings. The number of aryl methyl sites for hydroxylation is 1. The molecule has 0 saturated carbocycles. The second kappa shape index (κ2) is 4.88. The molecule has 1 aliphatic heterocycles. The molecule has 1 fully saturated rings. The maximum absolute atomic E-state index is 4.04. The van der Waals surface area contributed by atoms with Crippen molar-refractivity contribution in [2.75, 3.05) is 13.1 Å². The van der Waals surface area contributed by atoms with Gasteiger partial charge in [-0.1, -0.05) is 24.3 Å². The van der Waals surface area contributed by atoms with Crippen molar-refractivity contribution in [2.24, 2.45) is 0 Å². The van der Waals surface area contributed by atoms with Gasteiger partial charge in [0.05, 0.1) is 0 Å². The summed E-state index contributed by atoms with van der Waals surface area (Å²) in [4.78, 5) is 2.21. The maximum Gasteiger partial charge on any atom is 0 e. The molecule has 1 heterocycles. The van der Waals surface area contributed by atoms with E-state index in [1.165, 1.54) is 25.7 Å². The summed E-state index contributed by atoms with van der Waals surface area (Å²) in [7, 11) is 4.04. The van der Waals surface area contributed by atoms with E-state index in [2.05, 4.69) is 36.2 Å². The van der Waals surface area contributed by atoms with Gasteiger partial charge in [0, 0.05) is 32.7 Å². The molecule has 0 atom stereocenters. The van der Waals surface area contributed by atoms with E-state index in [0.29, 0.717) is 5.41 Å². The molecule has 1 spiro atoms. The zero-order chi connectivity index (χ0) is 10.3. The molecule has 16 heavy (non-hydrogen) atoms. The minimum atomic E-state index is 0. The molecule has 1 aliphatic carbocycles. The largest absolute Gasteiger partial charge is 0.459 e. The minimum absolute atomic E-state index is 0. The Labute approximate surface area is 123 Å². The van der Waals surface area contributed by atoms with Gasteiger partial charge in [-0.25, -0.2) is 0 Å². The zero-order valence-electron chi connectivity index (χ0n) is 9.78. The van der Waals surface area contributed by atoms with Crippen LogP contribution in [0, 0.1) is 7.05 Å². The fourth-order valence-electron chi connectivity index (χ4n) is 3.26. The van der Waals surface area contributed by atoms with E-state index in [9.17, 15) is 0 Å². The van der Waals surface area contributed by atoms with Crippen LogP contribution in [0.4, 0.5) is 0 Å². The molecule has 1 nitrogen and oxygen atoms in total. The number of hydrogen-bond donors (Lipinski definition) is 0. The third-order valence-electron chi connectivity index (χ3n) is 4.27. The normalized spacial score (nSPS) is 22.8. The van der Waals surface area contributed by atoms with Crippen molar-refractivity contribution in [1.82, 2.24) is 4.90 Å². The Kier molecular flexibility index (Phi) is 3.88. The molecule has 0 unspecified atom stereocenters. The fraction of sp³-hybridized carbons (Fsp3) is 0.500. The second-order valence-corrected chi connectivity index (χ2v) is 5.06. The number of benzene rings is 1. The van der Waals surface area contributed by atoms with Crippen molar-refractivity contribution >= 4 is 0 Å². The van der Waals surface area contributed by atoms with Crippen LogP contribution in [0.15, 0.2) is 24.3 Å². The molecule has 1 radical (unpaired) electrons. The van der Waals surface area contributed by atoms with Crippen LogP contribution in [-0.4, -0.2) is 18.0 Å². The van der Waals surface area contributed by atoms with Gasteiger partial charge in [-0.05, 0) is 55.3 Å². The molecule has 0 amide bonds. The van der Waals surface area contributed by atoms with E-state index in [-0.39, 0.29) is 32.7 Å². The van der Waals surface area contributed by atoms with Crippen LogP contribution in [0.1, 0.15) is 30.4 Å². The van der Waals surface area contributed by atoms with E-state index in [1.807, 2.05) is 0 Å². The standard InChI is InChI=1S/C14H18N.Y/c1-15-10-8-14(9-11-15)7-6-12-4-2-3-5-13(12)14;/h2-5H,1,6-11H2;/q-1;. The number of fused-ring (bicyclic) bond motifs is 2. The molecular formula is C14H18NY-. The Balaban J connectivity index is 0.000000963. The Morgan fingerprint density at radius 3 is 2.50 bits per heavy atom.